The van der Waals surface area contributed by atoms with E-state index in [0.717, 1.165) is 5.56 Å². The molecule has 6 heteroatoms. The number of benzene rings is 1. The van der Waals surface area contributed by atoms with Gasteiger partial charge in [0.05, 0.1) is 10.0 Å². The van der Waals surface area contributed by atoms with Gasteiger partial charge in [-0.25, -0.2) is 4.99 Å². The van der Waals surface area contributed by atoms with Gasteiger partial charge in [0.2, 0.25) is 5.91 Å². The maximum absolute atomic E-state index is 10.8. The van der Waals surface area contributed by atoms with Crippen LogP contribution in [0.15, 0.2) is 23.2 Å². The zero-order chi connectivity index (χ0) is 12.4. The molecule has 1 atom stereocenters. The summed E-state index contributed by atoms with van der Waals surface area (Å²) in [4.78, 5) is 15.1. The zero-order valence-electron chi connectivity index (χ0n) is 9.04. The number of carbonyl (C=O) groups is 1. The van der Waals surface area contributed by atoms with Gasteiger partial charge in [0.25, 0.3) is 6.02 Å². The second-order valence-electron chi connectivity index (χ2n) is 3.62. The summed E-state index contributed by atoms with van der Waals surface area (Å²) >= 11 is 11.8. The first-order valence-corrected chi connectivity index (χ1v) is 5.75. The van der Waals surface area contributed by atoms with Gasteiger partial charge >= 0.3 is 0 Å². The first-order valence-electron chi connectivity index (χ1n) is 4.99. The Morgan fingerprint density at radius 3 is 2.88 bits per heavy atom. The Labute approximate surface area is 109 Å². The van der Waals surface area contributed by atoms with Crippen molar-refractivity contribution in [3.8, 4) is 0 Å². The summed E-state index contributed by atoms with van der Waals surface area (Å²) in [5, 5.41) is 3.48. The highest BCUT2D eigenvalue weighted by atomic mass is 35.5. The van der Waals surface area contributed by atoms with Crippen LogP contribution in [0.5, 0.6) is 0 Å². The molecule has 0 spiro atoms. The van der Waals surface area contributed by atoms with E-state index >= 15 is 0 Å². The lowest BCUT2D eigenvalue weighted by Gasteiger charge is -2.06. The van der Waals surface area contributed by atoms with Gasteiger partial charge in [0, 0.05) is 6.92 Å². The number of rotatable bonds is 1. The molecule has 0 aliphatic carbocycles. The molecular weight excluding hydrogens is 263 g/mol. The maximum atomic E-state index is 10.8. The quantitative estimate of drug-likeness (QED) is 0.854. The average Bonchev–Trinajstić information content (AvgIpc) is 2.69. The lowest BCUT2D eigenvalue weighted by atomic mass is 10.1. The van der Waals surface area contributed by atoms with E-state index in [9.17, 15) is 4.79 Å². The van der Waals surface area contributed by atoms with Gasteiger partial charge in [-0.05, 0) is 17.7 Å². The number of nitrogens with one attached hydrogen (secondary N) is 1. The predicted octanol–water partition coefficient (Wildman–Crippen LogP) is 2.56. The smallest absolute Gasteiger partial charge is 0.292 e. The van der Waals surface area contributed by atoms with Crippen LogP contribution >= 0.6 is 23.2 Å². The molecule has 0 aromatic heterocycles. The molecule has 17 heavy (non-hydrogen) atoms. The van der Waals surface area contributed by atoms with E-state index in [2.05, 4.69) is 10.3 Å². The third-order valence-electron chi connectivity index (χ3n) is 2.26. The fraction of sp³-hybridized carbons (Fsp3) is 0.273. The van der Waals surface area contributed by atoms with Crippen molar-refractivity contribution in [2.45, 2.75) is 13.0 Å². The number of aliphatic imine (C=N–C) groups is 1. The molecule has 0 saturated carbocycles. The molecule has 0 unspecified atom stereocenters. The summed E-state index contributed by atoms with van der Waals surface area (Å²) in [7, 11) is 0. The monoisotopic (exact) mass is 272 g/mol. The SMILES string of the molecule is CC(=O)NC1=N[C@H](c2ccc(Cl)c(Cl)c2)CO1. The lowest BCUT2D eigenvalue weighted by Crippen LogP contribution is -2.27. The molecule has 1 aromatic rings. The molecule has 4 nitrogen and oxygen atoms in total. The molecule has 0 bridgehead atoms. The van der Waals surface area contributed by atoms with Crippen LogP contribution in [0.2, 0.25) is 10.0 Å². The second kappa shape index (κ2) is 4.94. The Morgan fingerprint density at radius 2 is 2.24 bits per heavy atom. The van der Waals surface area contributed by atoms with E-state index < -0.39 is 0 Å². The van der Waals surface area contributed by atoms with Crippen molar-refractivity contribution in [2.75, 3.05) is 6.61 Å². The van der Waals surface area contributed by atoms with Gasteiger partial charge in [-0.2, -0.15) is 0 Å². The molecular formula is C11H10Cl2N2O2. The lowest BCUT2D eigenvalue weighted by molar-refractivity contribution is -0.117. The molecule has 0 radical (unpaired) electrons. The molecule has 1 aliphatic rings. The number of halogens is 2. The molecule has 0 fully saturated rings. The molecule has 1 amide bonds. The van der Waals surface area contributed by atoms with Gasteiger partial charge < -0.3 is 4.74 Å². The number of amidine groups is 1. The molecule has 1 aliphatic heterocycles. The summed E-state index contributed by atoms with van der Waals surface area (Å²) in [6, 6.07) is 5.38. The molecule has 0 saturated heterocycles. The average molecular weight is 273 g/mol. The molecule has 2 rings (SSSR count). The van der Waals surface area contributed by atoms with E-state index in [0.29, 0.717) is 16.7 Å². The van der Waals surface area contributed by atoms with Crippen LogP contribution in [0, 0.1) is 0 Å². The second-order valence-corrected chi connectivity index (χ2v) is 4.43. The summed E-state index contributed by atoms with van der Waals surface area (Å²) in [6.07, 6.45) is 0. The molecule has 1 aromatic carbocycles. The van der Waals surface area contributed by atoms with Crippen LogP contribution in [0.4, 0.5) is 0 Å². The van der Waals surface area contributed by atoms with Crippen molar-refractivity contribution < 1.29 is 9.53 Å². The number of ether oxygens (including phenoxy) is 1. The number of amides is 1. The fourth-order valence-electron chi connectivity index (χ4n) is 1.48. The predicted molar refractivity (Wildman–Crippen MR) is 66.4 cm³/mol. The van der Waals surface area contributed by atoms with Crippen molar-refractivity contribution in [2.24, 2.45) is 4.99 Å². The number of nitrogens with zero attached hydrogens (tertiary/aromatic N) is 1. The zero-order valence-corrected chi connectivity index (χ0v) is 10.5. The van der Waals surface area contributed by atoms with E-state index in [-0.39, 0.29) is 18.0 Å². The highest BCUT2D eigenvalue weighted by Crippen LogP contribution is 2.29. The Bertz CT molecular complexity index is 488. The fourth-order valence-corrected chi connectivity index (χ4v) is 1.79. The van der Waals surface area contributed by atoms with Crippen molar-refractivity contribution >= 4 is 35.1 Å². The number of hydrogen-bond acceptors (Lipinski definition) is 3. The van der Waals surface area contributed by atoms with Crippen LogP contribution < -0.4 is 5.32 Å². The molecule has 1 N–H and O–H groups in total. The standard InChI is InChI=1S/C11H10Cl2N2O2/c1-6(16)14-11-15-10(5-17-11)7-2-3-8(12)9(13)4-7/h2-4,10H,5H2,1H3,(H,14,15,16)/t10-/m0/s1. The Balaban J connectivity index is 2.16. The van der Waals surface area contributed by atoms with Gasteiger partial charge in [-0.1, -0.05) is 29.3 Å². The normalized spacial score (nSPS) is 18.5. The Hall–Kier alpha value is -1.26. The largest absolute Gasteiger partial charge is 0.462 e. The minimum atomic E-state index is -0.210. The molecule has 1 heterocycles. The summed E-state index contributed by atoms with van der Waals surface area (Å²) < 4.78 is 5.24. The minimum Gasteiger partial charge on any atom is -0.462 e. The third kappa shape index (κ3) is 2.90. The maximum Gasteiger partial charge on any atom is 0.292 e. The third-order valence-corrected chi connectivity index (χ3v) is 3.00. The van der Waals surface area contributed by atoms with Crippen LogP contribution in [-0.2, 0) is 9.53 Å². The first kappa shape index (κ1) is 12.2. The van der Waals surface area contributed by atoms with Gasteiger partial charge in [-0.15, -0.1) is 0 Å². The van der Waals surface area contributed by atoms with E-state index in [1.807, 2.05) is 6.07 Å². The Kier molecular flexibility index (Phi) is 3.54. The Morgan fingerprint density at radius 1 is 1.47 bits per heavy atom. The first-order chi connectivity index (χ1) is 8.06. The van der Waals surface area contributed by atoms with Crippen molar-refractivity contribution in [3.05, 3.63) is 33.8 Å². The molecule has 90 valence electrons. The number of carbonyl (C=O) groups excluding carboxylic acids is 1. The van der Waals surface area contributed by atoms with Gasteiger partial charge in [-0.3, -0.25) is 10.1 Å². The summed E-state index contributed by atoms with van der Waals surface area (Å²) in [5.41, 5.74) is 0.903. The highest BCUT2D eigenvalue weighted by Gasteiger charge is 2.21. The van der Waals surface area contributed by atoms with Crippen LogP contribution in [0.3, 0.4) is 0 Å². The topological polar surface area (TPSA) is 50.7 Å². The van der Waals surface area contributed by atoms with Crippen LogP contribution in [0.1, 0.15) is 18.5 Å². The number of hydrogen-bond donors (Lipinski definition) is 1. The van der Waals surface area contributed by atoms with Crippen LogP contribution in [0.25, 0.3) is 0 Å². The summed E-state index contributed by atoms with van der Waals surface area (Å²) in [5.74, 6) is -0.210. The van der Waals surface area contributed by atoms with E-state index in [1.165, 1.54) is 6.92 Å². The van der Waals surface area contributed by atoms with Crippen molar-refractivity contribution in [1.29, 1.82) is 0 Å². The van der Waals surface area contributed by atoms with Gasteiger partial charge in [0.15, 0.2) is 0 Å². The van der Waals surface area contributed by atoms with Crippen LogP contribution in [-0.4, -0.2) is 18.5 Å². The highest BCUT2D eigenvalue weighted by molar-refractivity contribution is 6.42. The van der Waals surface area contributed by atoms with E-state index in [4.69, 9.17) is 27.9 Å². The van der Waals surface area contributed by atoms with Crippen molar-refractivity contribution in [1.82, 2.24) is 5.32 Å². The summed E-state index contributed by atoms with van der Waals surface area (Å²) in [6.45, 7) is 1.78. The van der Waals surface area contributed by atoms with Gasteiger partial charge in [0.1, 0.15) is 12.6 Å². The minimum absolute atomic E-state index is 0.161. The van der Waals surface area contributed by atoms with E-state index in [1.54, 1.807) is 12.1 Å². The van der Waals surface area contributed by atoms with Crippen molar-refractivity contribution in [3.63, 3.8) is 0 Å².